The molecule has 0 aliphatic rings. The van der Waals surface area contributed by atoms with E-state index in [4.69, 9.17) is 0 Å². The molecule has 0 aliphatic heterocycles. The standard InChI is InChI=1S/C15H24N2O3/c1-4-15(10-18,11-19)16-14(20)13-7-5-12(6-8-13)9-17(2)3/h5-8,18-19H,4,9-11H2,1-3H3,(H,16,20). The van der Waals surface area contributed by atoms with Crippen molar-refractivity contribution < 1.29 is 15.0 Å². The zero-order valence-electron chi connectivity index (χ0n) is 12.4. The average Bonchev–Trinajstić information content (AvgIpc) is 2.45. The van der Waals surface area contributed by atoms with Gasteiger partial charge in [-0.1, -0.05) is 19.1 Å². The second-order valence-corrected chi connectivity index (χ2v) is 5.34. The zero-order chi connectivity index (χ0) is 15.2. The first kappa shape index (κ1) is 16.6. The molecule has 0 heterocycles. The first-order valence-electron chi connectivity index (χ1n) is 6.74. The maximum Gasteiger partial charge on any atom is 0.251 e. The SMILES string of the molecule is CCC(CO)(CO)NC(=O)c1ccc(CN(C)C)cc1. The molecule has 112 valence electrons. The molecule has 0 bridgehead atoms. The number of amides is 1. The van der Waals surface area contributed by atoms with Gasteiger partial charge >= 0.3 is 0 Å². The highest BCUT2D eigenvalue weighted by molar-refractivity contribution is 5.94. The predicted octanol–water partition coefficient (Wildman–Crippen LogP) is 0.611. The molecule has 0 radical (unpaired) electrons. The third kappa shape index (κ3) is 4.30. The quantitative estimate of drug-likeness (QED) is 0.684. The lowest BCUT2D eigenvalue weighted by Gasteiger charge is -2.29. The Balaban J connectivity index is 2.77. The molecular weight excluding hydrogens is 256 g/mol. The van der Waals surface area contributed by atoms with Gasteiger partial charge in [-0.15, -0.1) is 0 Å². The first-order valence-corrected chi connectivity index (χ1v) is 6.74. The van der Waals surface area contributed by atoms with Crippen LogP contribution in [0.15, 0.2) is 24.3 Å². The van der Waals surface area contributed by atoms with Crippen LogP contribution in [-0.2, 0) is 6.54 Å². The summed E-state index contributed by atoms with van der Waals surface area (Å²) in [5.74, 6) is -0.286. The second kappa shape index (κ2) is 7.38. The number of hydrogen-bond donors (Lipinski definition) is 3. The number of rotatable bonds is 7. The molecule has 1 amide bonds. The van der Waals surface area contributed by atoms with E-state index in [0.29, 0.717) is 12.0 Å². The number of hydrogen-bond acceptors (Lipinski definition) is 4. The summed E-state index contributed by atoms with van der Waals surface area (Å²) in [5.41, 5.74) is 0.684. The van der Waals surface area contributed by atoms with Gasteiger partial charge in [0.2, 0.25) is 0 Å². The van der Waals surface area contributed by atoms with Crippen LogP contribution < -0.4 is 5.32 Å². The van der Waals surface area contributed by atoms with Crippen LogP contribution in [0.5, 0.6) is 0 Å². The van der Waals surface area contributed by atoms with Crippen LogP contribution in [0.1, 0.15) is 29.3 Å². The Morgan fingerprint density at radius 3 is 2.15 bits per heavy atom. The predicted molar refractivity (Wildman–Crippen MR) is 78.5 cm³/mol. The van der Waals surface area contributed by atoms with Crippen molar-refractivity contribution in [3.8, 4) is 0 Å². The summed E-state index contributed by atoms with van der Waals surface area (Å²) in [6.45, 7) is 2.05. The lowest BCUT2D eigenvalue weighted by Crippen LogP contribution is -2.53. The van der Waals surface area contributed by atoms with E-state index >= 15 is 0 Å². The summed E-state index contributed by atoms with van der Waals surface area (Å²) >= 11 is 0. The number of aliphatic hydroxyl groups is 2. The minimum absolute atomic E-state index is 0.286. The van der Waals surface area contributed by atoms with Crippen LogP contribution in [0.2, 0.25) is 0 Å². The number of carbonyl (C=O) groups excluding carboxylic acids is 1. The lowest BCUT2D eigenvalue weighted by molar-refractivity contribution is 0.0653. The summed E-state index contributed by atoms with van der Waals surface area (Å²) in [5, 5.41) is 21.4. The Labute approximate surface area is 120 Å². The maximum absolute atomic E-state index is 12.1. The average molecular weight is 280 g/mol. The highest BCUT2D eigenvalue weighted by Gasteiger charge is 2.28. The van der Waals surface area contributed by atoms with Crippen LogP contribution in [0.4, 0.5) is 0 Å². The van der Waals surface area contributed by atoms with E-state index in [1.54, 1.807) is 12.1 Å². The topological polar surface area (TPSA) is 72.8 Å². The van der Waals surface area contributed by atoms with Crippen molar-refractivity contribution in [1.82, 2.24) is 10.2 Å². The molecule has 0 aliphatic carbocycles. The third-order valence-corrected chi connectivity index (χ3v) is 3.38. The van der Waals surface area contributed by atoms with Gasteiger partial charge < -0.3 is 20.4 Å². The summed E-state index contributed by atoms with van der Waals surface area (Å²) in [6.07, 6.45) is 0.463. The minimum atomic E-state index is -0.959. The Kier molecular flexibility index (Phi) is 6.13. The van der Waals surface area contributed by atoms with Crippen LogP contribution in [-0.4, -0.2) is 53.9 Å². The number of benzene rings is 1. The molecule has 0 unspecified atom stereocenters. The van der Waals surface area contributed by atoms with Crippen molar-refractivity contribution >= 4 is 5.91 Å². The Morgan fingerprint density at radius 2 is 1.75 bits per heavy atom. The Hall–Kier alpha value is -1.43. The van der Waals surface area contributed by atoms with E-state index in [1.807, 2.05) is 33.2 Å². The van der Waals surface area contributed by atoms with Crippen molar-refractivity contribution in [3.63, 3.8) is 0 Å². The summed E-state index contributed by atoms with van der Waals surface area (Å²) in [6, 6.07) is 7.31. The molecule has 0 saturated carbocycles. The molecule has 0 saturated heterocycles. The van der Waals surface area contributed by atoms with Gasteiger partial charge in [-0.05, 0) is 38.2 Å². The van der Waals surface area contributed by atoms with Crippen molar-refractivity contribution in [1.29, 1.82) is 0 Å². The summed E-state index contributed by atoms with van der Waals surface area (Å²) in [4.78, 5) is 14.2. The second-order valence-electron chi connectivity index (χ2n) is 5.34. The fourth-order valence-electron chi connectivity index (χ4n) is 1.88. The molecule has 0 fully saturated rings. The van der Waals surface area contributed by atoms with Gasteiger partial charge in [0.1, 0.15) is 0 Å². The van der Waals surface area contributed by atoms with Crippen LogP contribution >= 0.6 is 0 Å². The Morgan fingerprint density at radius 1 is 1.20 bits per heavy atom. The maximum atomic E-state index is 12.1. The number of nitrogens with zero attached hydrogens (tertiary/aromatic N) is 1. The zero-order valence-corrected chi connectivity index (χ0v) is 12.4. The van der Waals surface area contributed by atoms with E-state index in [-0.39, 0.29) is 19.1 Å². The molecule has 0 atom stereocenters. The van der Waals surface area contributed by atoms with Crippen molar-refractivity contribution in [3.05, 3.63) is 35.4 Å². The van der Waals surface area contributed by atoms with Gasteiger partial charge in [-0.3, -0.25) is 4.79 Å². The summed E-state index contributed by atoms with van der Waals surface area (Å²) < 4.78 is 0. The Bertz CT molecular complexity index is 417. The molecule has 5 nitrogen and oxygen atoms in total. The van der Waals surface area contributed by atoms with E-state index in [9.17, 15) is 15.0 Å². The molecule has 5 heteroatoms. The van der Waals surface area contributed by atoms with Crippen LogP contribution in [0.25, 0.3) is 0 Å². The molecule has 1 aromatic rings. The highest BCUT2D eigenvalue weighted by Crippen LogP contribution is 2.11. The van der Waals surface area contributed by atoms with Gasteiger partial charge in [0, 0.05) is 12.1 Å². The number of carbonyl (C=O) groups is 1. The fraction of sp³-hybridized carbons (Fsp3) is 0.533. The van der Waals surface area contributed by atoms with Gasteiger partial charge in [0.15, 0.2) is 0 Å². The summed E-state index contributed by atoms with van der Waals surface area (Å²) in [7, 11) is 3.97. The smallest absolute Gasteiger partial charge is 0.251 e. The van der Waals surface area contributed by atoms with Gasteiger partial charge in [0.25, 0.3) is 5.91 Å². The normalized spacial score (nSPS) is 11.7. The van der Waals surface area contributed by atoms with E-state index in [2.05, 4.69) is 10.2 Å². The molecular formula is C15H24N2O3. The van der Waals surface area contributed by atoms with Crippen LogP contribution in [0, 0.1) is 0 Å². The van der Waals surface area contributed by atoms with E-state index in [1.165, 1.54) is 0 Å². The van der Waals surface area contributed by atoms with E-state index in [0.717, 1.165) is 12.1 Å². The van der Waals surface area contributed by atoms with Crippen LogP contribution in [0.3, 0.4) is 0 Å². The third-order valence-electron chi connectivity index (χ3n) is 3.38. The molecule has 0 aromatic heterocycles. The largest absolute Gasteiger partial charge is 0.394 e. The molecule has 0 spiro atoms. The van der Waals surface area contributed by atoms with Crippen molar-refractivity contribution in [2.45, 2.75) is 25.4 Å². The van der Waals surface area contributed by atoms with Gasteiger partial charge in [-0.25, -0.2) is 0 Å². The lowest BCUT2D eigenvalue weighted by atomic mass is 9.97. The van der Waals surface area contributed by atoms with Crippen molar-refractivity contribution in [2.75, 3.05) is 27.3 Å². The van der Waals surface area contributed by atoms with E-state index < -0.39 is 5.54 Å². The molecule has 20 heavy (non-hydrogen) atoms. The van der Waals surface area contributed by atoms with Gasteiger partial charge in [-0.2, -0.15) is 0 Å². The number of aliphatic hydroxyl groups excluding tert-OH is 2. The minimum Gasteiger partial charge on any atom is -0.394 e. The molecule has 1 aromatic carbocycles. The van der Waals surface area contributed by atoms with Gasteiger partial charge in [0.05, 0.1) is 18.8 Å². The molecule has 3 N–H and O–H groups in total. The monoisotopic (exact) mass is 280 g/mol. The van der Waals surface area contributed by atoms with Crippen molar-refractivity contribution in [2.24, 2.45) is 0 Å². The first-order chi connectivity index (χ1) is 9.46. The highest BCUT2D eigenvalue weighted by atomic mass is 16.3. The number of nitrogens with one attached hydrogen (secondary N) is 1. The fourth-order valence-corrected chi connectivity index (χ4v) is 1.88. The molecule has 1 rings (SSSR count).